The average Bonchev–Trinajstić information content (AvgIpc) is 3.40. The summed E-state index contributed by atoms with van der Waals surface area (Å²) in [6, 6.07) is 5.40. The first-order valence-corrected chi connectivity index (χ1v) is 9.14. The van der Waals surface area contributed by atoms with E-state index in [2.05, 4.69) is 22.9 Å². The Balaban J connectivity index is 1.74. The van der Waals surface area contributed by atoms with Crippen LogP contribution in [0.5, 0.6) is 0 Å². The number of hydrogen-bond donors (Lipinski definition) is 3. The van der Waals surface area contributed by atoms with Crippen molar-refractivity contribution in [3.8, 4) is 0 Å². The van der Waals surface area contributed by atoms with Crippen LogP contribution in [0.4, 0.5) is 10.5 Å². The standard InChI is InChI=1S/C19H29N3O3/c1-3-4-11-25-12-5-10-20-19(24)22-17-13-15(7-6-14(17)2)18(23)21-16-8-9-16/h6-7,13,16H,3-5,8-12H2,1-2H3,(H,21,23)(H2,20,22,24). The van der Waals surface area contributed by atoms with E-state index in [0.29, 0.717) is 30.4 Å². The third-order valence-corrected chi connectivity index (χ3v) is 4.05. The molecule has 3 amide bonds. The van der Waals surface area contributed by atoms with Gasteiger partial charge in [0.25, 0.3) is 5.91 Å². The lowest BCUT2D eigenvalue weighted by Gasteiger charge is -2.12. The zero-order valence-corrected chi connectivity index (χ0v) is 15.2. The van der Waals surface area contributed by atoms with Gasteiger partial charge in [0.05, 0.1) is 0 Å². The van der Waals surface area contributed by atoms with E-state index in [1.165, 1.54) is 0 Å². The van der Waals surface area contributed by atoms with Crippen molar-refractivity contribution < 1.29 is 14.3 Å². The fourth-order valence-electron chi connectivity index (χ4n) is 2.29. The van der Waals surface area contributed by atoms with E-state index in [9.17, 15) is 9.59 Å². The summed E-state index contributed by atoms with van der Waals surface area (Å²) in [5.74, 6) is -0.0878. The molecule has 1 aliphatic rings. The van der Waals surface area contributed by atoms with Gasteiger partial charge in [-0.15, -0.1) is 0 Å². The molecule has 0 spiro atoms. The summed E-state index contributed by atoms with van der Waals surface area (Å²) < 4.78 is 5.46. The van der Waals surface area contributed by atoms with Crippen molar-refractivity contribution in [3.05, 3.63) is 29.3 Å². The van der Waals surface area contributed by atoms with E-state index in [1.54, 1.807) is 12.1 Å². The van der Waals surface area contributed by atoms with E-state index in [4.69, 9.17) is 4.74 Å². The number of benzene rings is 1. The Morgan fingerprint density at radius 3 is 2.68 bits per heavy atom. The van der Waals surface area contributed by atoms with Crippen molar-refractivity contribution in [1.29, 1.82) is 0 Å². The van der Waals surface area contributed by atoms with Crippen LogP contribution < -0.4 is 16.0 Å². The van der Waals surface area contributed by atoms with E-state index < -0.39 is 0 Å². The fraction of sp³-hybridized carbons (Fsp3) is 0.579. The molecular formula is C19H29N3O3. The number of carbonyl (C=O) groups excluding carboxylic acids is 2. The average molecular weight is 347 g/mol. The van der Waals surface area contributed by atoms with Crippen LogP contribution in [0.15, 0.2) is 18.2 Å². The van der Waals surface area contributed by atoms with Crippen LogP contribution in [0, 0.1) is 6.92 Å². The minimum absolute atomic E-state index is 0.0878. The summed E-state index contributed by atoms with van der Waals surface area (Å²) in [5, 5.41) is 8.58. The molecular weight excluding hydrogens is 318 g/mol. The van der Waals surface area contributed by atoms with Gasteiger partial charge < -0.3 is 20.7 Å². The van der Waals surface area contributed by atoms with Crippen molar-refractivity contribution >= 4 is 17.6 Å². The monoisotopic (exact) mass is 347 g/mol. The Hall–Kier alpha value is -2.08. The van der Waals surface area contributed by atoms with Crippen molar-refractivity contribution in [3.63, 3.8) is 0 Å². The zero-order chi connectivity index (χ0) is 18.1. The molecule has 0 aliphatic heterocycles. The lowest BCUT2D eigenvalue weighted by atomic mass is 10.1. The Bertz CT molecular complexity index is 585. The normalized spacial score (nSPS) is 13.4. The highest BCUT2D eigenvalue weighted by atomic mass is 16.5. The molecule has 1 fully saturated rings. The van der Waals surface area contributed by atoms with Crippen LogP contribution in [0.25, 0.3) is 0 Å². The number of urea groups is 1. The van der Waals surface area contributed by atoms with Gasteiger partial charge in [-0.2, -0.15) is 0 Å². The number of carbonyl (C=O) groups is 2. The van der Waals surface area contributed by atoms with Gasteiger partial charge in [-0.05, 0) is 50.3 Å². The predicted octanol–water partition coefficient (Wildman–Crippen LogP) is 3.22. The number of anilines is 1. The smallest absolute Gasteiger partial charge is 0.319 e. The number of hydrogen-bond acceptors (Lipinski definition) is 3. The highest BCUT2D eigenvalue weighted by molar-refractivity contribution is 5.97. The first-order chi connectivity index (χ1) is 12.1. The summed E-state index contributed by atoms with van der Waals surface area (Å²) in [4.78, 5) is 24.1. The summed E-state index contributed by atoms with van der Waals surface area (Å²) >= 11 is 0. The largest absolute Gasteiger partial charge is 0.381 e. The van der Waals surface area contributed by atoms with Gasteiger partial charge in [-0.25, -0.2) is 4.79 Å². The number of amides is 3. The van der Waals surface area contributed by atoms with Crippen molar-refractivity contribution in [2.45, 2.75) is 52.0 Å². The molecule has 1 saturated carbocycles. The highest BCUT2D eigenvalue weighted by Crippen LogP contribution is 2.21. The summed E-state index contributed by atoms with van der Waals surface area (Å²) in [6.07, 6.45) is 5.07. The van der Waals surface area contributed by atoms with Crippen LogP contribution in [0.1, 0.15) is 54.9 Å². The summed E-state index contributed by atoms with van der Waals surface area (Å²) in [6.45, 7) is 6.01. The number of ether oxygens (including phenoxy) is 1. The maximum Gasteiger partial charge on any atom is 0.319 e. The third kappa shape index (κ3) is 7.13. The molecule has 1 aromatic carbocycles. The van der Waals surface area contributed by atoms with E-state index in [0.717, 1.165) is 44.3 Å². The van der Waals surface area contributed by atoms with Crippen LogP contribution in [0.3, 0.4) is 0 Å². The number of rotatable bonds is 10. The minimum Gasteiger partial charge on any atom is -0.381 e. The molecule has 0 bridgehead atoms. The predicted molar refractivity (Wildman–Crippen MR) is 99.0 cm³/mol. The molecule has 3 N–H and O–H groups in total. The first kappa shape index (κ1) is 19.2. The van der Waals surface area contributed by atoms with Crippen LogP contribution in [-0.2, 0) is 4.74 Å². The third-order valence-electron chi connectivity index (χ3n) is 4.05. The second-order valence-corrected chi connectivity index (χ2v) is 6.48. The molecule has 6 nitrogen and oxygen atoms in total. The number of nitrogens with one attached hydrogen (secondary N) is 3. The SMILES string of the molecule is CCCCOCCCNC(=O)Nc1cc(C(=O)NC2CC2)ccc1C. The number of aryl methyl sites for hydroxylation is 1. The molecule has 0 aromatic heterocycles. The maximum absolute atomic E-state index is 12.1. The molecule has 6 heteroatoms. The van der Waals surface area contributed by atoms with E-state index in [1.807, 2.05) is 13.0 Å². The summed E-state index contributed by atoms with van der Waals surface area (Å²) in [7, 11) is 0. The minimum atomic E-state index is -0.267. The Morgan fingerprint density at radius 2 is 1.96 bits per heavy atom. The Morgan fingerprint density at radius 1 is 1.20 bits per heavy atom. The molecule has 1 aromatic rings. The van der Waals surface area contributed by atoms with Gasteiger partial charge in [0, 0.05) is 37.1 Å². The molecule has 0 unspecified atom stereocenters. The molecule has 25 heavy (non-hydrogen) atoms. The molecule has 0 atom stereocenters. The van der Waals surface area contributed by atoms with Gasteiger partial charge in [0.2, 0.25) is 0 Å². The van der Waals surface area contributed by atoms with Crippen LogP contribution in [-0.4, -0.2) is 37.7 Å². The first-order valence-electron chi connectivity index (χ1n) is 9.14. The van der Waals surface area contributed by atoms with Crippen molar-refractivity contribution in [2.24, 2.45) is 0 Å². The quantitative estimate of drug-likeness (QED) is 0.569. The second kappa shape index (κ2) is 10.0. The molecule has 1 aliphatic carbocycles. The van der Waals surface area contributed by atoms with Gasteiger partial charge in [-0.1, -0.05) is 19.4 Å². The summed E-state index contributed by atoms with van der Waals surface area (Å²) in [5.41, 5.74) is 2.14. The Kier molecular flexibility index (Phi) is 7.73. The molecule has 2 rings (SSSR count). The Labute approximate surface area is 149 Å². The molecule has 0 radical (unpaired) electrons. The zero-order valence-electron chi connectivity index (χ0n) is 15.2. The van der Waals surface area contributed by atoms with Crippen molar-refractivity contribution in [1.82, 2.24) is 10.6 Å². The van der Waals surface area contributed by atoms with Gasteiger partial charge >= 0.3 is 6.03 Å². The van der Waals surface area contributed by atoms with E-state index >= 15 is 0 Å². The van der Waals surface area contributed by atoms with Crippen molar-refractivity contribution in [2.75, 3.05) is 25.1 Å². The topological polar surface area (TPSA) is 79.5 Å². The molecule has 138 valence electrons. The fourth-order valence-corrected chi connectivity index (χ4v) is 2.29. The second-order valence-electron chi connectivity index (χ2n) is 6.48. The van der Waals surface area contributed by atoms with Crippen LogP contribution in [0.2, 0.25) is 0 Å². The van der Waals surface area contributed by atoms with Gasteiger partial charge in [0.15, 0.2) is 0 Å². The number of unbranched alkanes of at least 4 members (excludes halogenated alkanes) is 1. The lowest BCUT2D eigenvalue weighted by Crippen LogP contribution is -2.30. The maximum atomic E-state index is 12.1. The lowest BCUT2D eigenvalue weighted by molar-refractivity contribution is 0.0951. The van der Waals surface area contributed by atoms with Gasteiger partial charge in [-0.3, -0.25) is 4.79 Å². The van der Waals surface area contributed by atoms with Gasteiger partial charge in [0.1, 0.15) is 0 Å². The highest BCUT2D eigenvalue weighted by Gasteiger charge is 2.24. The van der Waals surface area contributed by atoms with E-state index in [-0.39, 0.29) is 11.9 Å². The molecule has 0 saturated heterocycles. The van der Waals surface area contributed by atoms with Crippen LogP contribution >= 0.6 is 0 Å². The molecule has 0 heterocycles.